The molecule has 0 aromatic carbocycles. The molecule has 0 saturated carbocycles. The summed E-state index contributed by atoms with van der Waals surface area (Å²) in [5.41, 5.74) is 1.21. The van der Waals surface area contributed by atoms with Crippen LogP contribution in [0.5, 0.6) is 0 Å². The van der Waals surface area contributed by atoms with Crippen molar-refractivity contribution in [3.63, 3.8) is 0 Å². The molecule has 0 saturated heterocycles. The van der Waals surface area contributed by atoms with E-state index in [-0.39, 0.29) is 0 Å². The van der Waals surface area contributed by atoms with E-state index in [2.05, 4.69) is 24.2 Å². The molecule has 116 valence electrons. The number of nitrogens with zero attached hydrogens (tertiary/aromatic N) is 6. The Morgan fingerprint density at radius 1 is 1.05 bits per heavy atom. The van der Waals surface area contributed by atoms with Crippen molar-refractivity contribution in [2.24, 2.45) is 7.05 Å². The van der Waals surface area contributed by atoms with Gasteiger partial charge in [-0.3, -0.25) is 4.68 Å². The molecule has 0 aliphatic rings. The Labute approximate surface area is 129 Å². The molecule has 0 radical (unpaired) electrons. The molecule has 0 fully saturated rings. The van der Waals surface area contributed by atoms with Crippen molar-refractivity contribution in [2.45, 2.75) is 19.5 Å². The first-order valence-corrected chi connectivity index (χ1v) is 7.27. The zero-order valence-corrected chi connectivity index (χ0v) is 12.9. The van der Waals surface area contributed by atoms with E-state index in [1.165, 1.54) is 5.56 Å². The molecule has 0 aliphatic heterocycles. The highest BCUT2D eigenvalue weighted by atomic mass is 16.5. The zero-order valence-electron chi connectivity index (χ0n) is 12.9. The van der Waals surface area contributed by atoms with Crippen molar-refractivity contribution in [1.29, 1.82) is 0 Å². The van der Waals surface area contributed by atoms with E-state index in [1.54, 1.807) is 13.3 Å². The Bertz CT molecular complexity index is 726. The number of aryl methyl sites for hydroxylation is 3. The fourth-order valence-corrected chi connectivity index (χ4v) is 2.43. The van der Waals surface area contributed by atoms with Gasteiger partial charge in [-0.05, 0) is 12.0 Å². The summed E-state index contributed by atoms with van der Waals surface area (Å²) < 4.78 is 11.1. The largest absolute Gasteiger partial charge is 0.383 e. The van der Waals surface area contributed by atoms with Crippen LogP contribution >= 0.6 is 0 Å². The SMILES string of the molecule is COCCn1ccnc1-c1nccn1CCc1cnn(C)c1. The molecule has 0 unspecified atom stereocenters. The number of ether oxygens (including phenoxy) is 1. The number of methoxy groups -OCH3 is 1. The third-order valence-corrected chi connectivity index (χ3v) is 3.57. The first-order valence-electron chi connectivity index (χ1n) is 7.27. The molecule has 0 aliphatic carbocycles. The summed E-state index contributed by atoms with van der Waals surface area (Å²) in [6, 6.07) is 0. The van der Waals surface area contributed by atoms with Crippen LogP contribution in [0.25, 0.3) is 11.6 Å². The molecule has 3 aromatic heterocycles. The van der Waals surface area contributed by atoms with Gasteiger partial charge in [-0.2, -0.15) is 5.10 Å². The van der Waals surface area contributed by atoms with Gasteiger partial charge < -0.3 is 13.9 Å². The van der Waals surface area contributed by atoms with Crippen LogP contribution in [0, 0.1) is 0 Å². The molecular formula is C15H20N6O. The minimum Gasteiger partial charge on any atom is -0.383 e. The topological polar surface area (TPSA) is 62.7 Å². The van der Waals surface area contributed by atoms with Crippen LogP contribution < -0.4 is 0 Å². The zero-order chi connectivity index (χ0) is 15.4. The van der Waals surface area contributed by atoms with E-state index in [9.17, 15) is 0 Å². The average molecular weight is 300 g/mol. The third-order valence-electron chi connectivity index (χ3n) is 3.57. The monoisotopic (exact) mass is 300 g/mol. The maximum atomic E-state index is 5.14. The molecule has 3 aromatic rings. The average Bonchev–Trinajstić information content (AvgIpc) is 3.23. The highest BCUT2D eigenvalue weighted by Gasteiger charge is 2.12. The molecular weight excluding hydrogens is 280 g/mol. The van der Waals surface area contributed by atoms with Gasteiger partial charge in [0.25, 0.3) is 0 Å². The minimum atomic E-state index is 0.653. The number of rotatable bonds is 7. The van der Waals surface area contributed by atoms with Crippen LogP contribution in [0.15, 0.2) is 37.2 Å². The summed E-state index contributed by atoms with van der Waals surface area (Å²) in [4.78, 5) is 8.90. The van der Waals surface area contributed by atoms with Crippen LogP contribution in [0.2, 0.25) is 0 Å². The maximum absolute atomic E-state index is 5.14. The molecule has 0 atom stereocenters. The van der Waals surface area contributed by atoms with Gasteiger partial charge in [0, 0.05) is 58.2 Å². The quantitative estimate of drug-likeness (QED) is 0.661. The number of imidazole rings is 2. The van der Waals surface area contributed by atoms with E-state index in [0.29, 0.717) is 6.61 Å². The Kier molecular flexibility index (Phi) is 4.34. The normalized spacial score (nSPS) is 11.2. The third kappa shape index (κ3) is 3.09. The van der Waals surface area contributed by atoms with Crippen LogP contribution in [-0.2, 0) is 31.3 Å². The molecule has 0 spiro atoms. The van der Waals surface area contributed by atoms with Crippen molar-refractivity contribution >= 4 is 0 Å². The molecule has 7 nitrogen and oxygen atoms in total. The summed E-state index contributed by atoms with van der Waals surface area (Å²) in [5.74, 6) is 1.75. The maximum Gasteiger partial charge on any atom is 0.176 e. The first kappa shape index (κ1) is 14.5. The predicted molar refractivity (Wildman–Crippen MR) is 82.2 cm³/mol. The van der Waals surface area contributed by atoms with E-state index >= 15 is 0 Å². The second-order valence-corrected chi connectivity index (χ2v) is 5.15. The van der Waals surface area contributed by atoms with Gasteiger partial charge in [0.15, 0.2) is 11.6 Å². The van der Waals surface area contributed by atoms with Crippen LogP contribution in [0.4, 0.5) is 0 Å². The minimum absolute atomic E-state index is 0.653. The van der Waals surface area contributed by atoms with Crippen molar-refractivity contribution in [2.75, 3.05) is 13.7 Å². The molecule has 0 amide bonds. The van der Waals surface area contributed by atoms with Gasteiger partial charge in [-0.15, -0.1) is 0 Å². The van der Waals surface area contributed by atoms with Crippen LogP contribution in [-0.4, -0.2) is 42.6 Å². The van der Waals surface area contributed by atoms with Gasteiger partial charge >= 0.3 is 0 Å². The molecule has 3 heterocycles. The summed E-state index contributed by atoms with van der Waals surface area (Å²) in [7, 11) is 3.63. The van der Waals surface area contributed by atoms with Gasteiger partial charge in [0.05, 0.1) is 12.8 Å². The number of aromatic nitrogens is 6. The Balaban J connectivity index is 1.75. The van der Waals surface area contributed by atoms with Crippen molar-refractivity contribution in [3.05, 3.63) is 42.7 Å². The smallest absolute Gasteiger partial charge is 0.176 e. The highest BCUT2D eigenvalue weighted by molar-refractivity contribution is 5.44. The lowest BCUT2D eigenvalue weighted by Crippen LogP contribution is -2.09. The standard InChI is InChI=1S/C15H20N6O/c1-19-12-13(11-18-19)3-6-20-7-4-16-14(20)15-17-5-8-21(15)9-10-22-2/h4-5,7-8,11-12H,3,6,9-10H2,1-2H3. The van der Waals surface area contributed by atoms with E-state index < -0.39 is 0 Å². The Hall–Kier alpha value is -2.41. The summed E-state index contributed by atoms with van der Waals surface area (Å²) in [5, 5.41) is 4.20. The van der Waals surface area contributed by atoms with E-state index in [1.807, 2.05) is 42.7 Å². The lowest BCUT2D eigenvalue weighted by atomic mass is 10.2. The van der Waals surface area contributed by atoms with Crippen LogP contribution in [0.3, 0.4) is 0 Å². The summed E-state index contributed by atoms with van der Waals surface area (Å²) in [6.07, 6.45) is 12.4. The fraction of sp³-hybridized carbons (Fsp3) is 0.400. The Morgan fingerprint density at radius 3 is 2.32 bits per heavy atom. The van der Waals surface area contributed by atoms with Gasteiger partial charge in [-0.1, -0.05) is 0 Å². The first-order chi connectivity index (χ1) is 10.8. The van der Waals surface area contributed by atoms with E-state index in [4.69, 9.17) is 4.74 Å². The second-order valence-electron chi connectivity index (χ2n) is 5.15. The molecule has 3 rings (SSSR count). The van der Waals surface area contributed by atoms with Gasteiger partial charge in [-0.25, -0.2) is 9.97 Å². The molecule has 0 bridgehead atoms. The summed E-state index contributed by atoms with van der Waals surface area (Å²) >= 11 is 0. The highest BCUT2D eigenvalue weighted by Crippen LogP contribution is 2.16. The predicted octanol–water partition coefficient (Wildman–Crippen LogP) is 1.37. The van der Waals surface area contributed by atoms with Crippen LogP contribution in [0.1, 0.15) is 5.56 Å². The molecule has 22 heavy (non-hydrogen) atoms. The fourth-order valence-electron chi connectivity index (χ4n) is 2.43. The molecule has 0 N–H and O–H groups in total. The van der Waals surface area contributed by atoms with Crippen molar-refractivity contribution in [3.8, 4) is 11.6 Å². The van der Waals surface area contributed by atoms with E-state index in [0.717, 1.165) is 31.2 Å². The Morgan fingerprint density at radius 2 is 1.73 bits per heavy atom. The number of hydrogen-bond donors (Lipinski definition) is 0. The second kappa shape index (κ2) is 6.57. The molecule has 7 heteroatoms. The van der Waals surface area contributed by atoms with Gasteiger partial charge in [0.2, 0.25) is 0 Å². The van der Waals surface area contributed by atoms with Gasteiger partial charge in [0.1, 0.15) is 0 Å². The lowest BCUT2D eigenvalue weighted by Gasteiger charge is -2.09. The number of hydrogen-bond acceptors (Lipinski definition) is 4. The lowest BCUT2D eigenvalue weighted by molar-refractivity contribution is 0.187. The van der Waals surface area contributed by atoms with Crippen molar-refractivity contribution < 1.29 is 4.74 Å². The van der Waals surface area contributed by atoms with Crippen molar-refractivity contribution in [1.82, 2.24) is 28.9 Å². The summed E-state index contributed by atoms with van der Waals surface area (Å²) in [6.45, 7) is 2.26.